The summed E-state index contributed by atoms with van der Waals surface area (Å²) in [7, 11) is 0. The molecule has 0 aromatic rings. The molecule has 0 aromatic carbocycles. The maximum absolute atomic E-state index is 12.3. The molecule has 1 aliphatic rings. The molecule has 0 amide bonds. The number of nitrogens with zero attached hydrogens (tertiary/aromatic N) is 1. The third-order valence-corrected chi connectivity index (χ3v) is 3.44. The fourth-order valence-corrected chi connectivity index (χ4v) is 2.61. The van der Waals surface area contributed by atoms with Gasteiger partial charge in [-0.3, -0.25) is 4.90 Å². The normalized spacial score (nSPS) is 21.0. The van der Waals surface area contributed by atoms with Crippen molar-refractivity contribution in [1.82, 2.24) is 10.2 Å². The van der Waals surface area contributed by atoms with Crippen molar-refractivity contribution in [3.05, 3.63) is 0 Å². The summed E-state index contributed by atoms with van der Waals surface area (Å²) in [6, 6.07) is 0.277. The number of nitrogens with one attached hydrogen (secondary N) is 1. The van der Waals surface area contributed by atoms with Crippen molar-refractivity contribution in [3.63, 3.8) is 0 Å². The number of rotatable bonds is 6. The molecule has 0 spiro atoms. The third-order valence-electron chi connectivity index (χ3n) is 3.44. The first-order valence-electron chi connectivity index (χ1n) is 6.96. The van der Waals surface area contributed by atoms with Crippen LogP contribution in [0.2, 0.25) is 0 Å². The number of aliphatic hydroxyl groups excluding tert-OH is 1. The van der Waals surface area contributed by atoms with Gasteiger partial charge in [0.15, 0.2) is 0 Å². The SMILES string of the molecule is CC(C)CC(CO)NC1CCN(CC(F)(F)F)CC1. The van der Waals surface area contributed by atoms with Crippen LogP contribution in [0.4, 0.5) is 13.2 Å². The van der Waals surface area contributed by atoms with Crippen LogP contribution in [0.1, 0.15) is 33.1 Å². The molecule has 1 unspecified atom stereocenters. The van der Waals surface area contributed by atoms with E-state index in [2.05, 4.69) is 19.2 Å². The summed E-state index contributed by atoms with van der Waals surface area (Å²) in [6.07, 6.45) is -1.79. The fraction of sp³-hybridized carbons (Fsp3) is 1.00. The Morgan fingerprint density at radius 2 is 1.84 bits per heavy atom. The minimum atomic E-state index is -4.11. The van der Waals surface area contributed by atoms with Gasteiger partial charge in [-0.1, -0.05) is 13.8 Å². The Labute approximate surface area is 113 Å². The van der Waals surface area contributed by atoms with Crippen LogP contribution in [0, 0.1) is 5.92 Å². The molecule has 0 saturated carbocycles. The lowest BCUT2D eigenvalue weighted by Gasteiger charge is -2.34. The van der Waals surface area contributed by atoms with E-state index in [1.54, 1.807) is 0 Å². The van der Waals surface area contributed by atoms with Gasteiger partial charge in [-0.2, -0.15) is 13.2 Å². The summed E-state index contributed by atoms with van der Waals surface area (Å²) in [6.45, 7) is 4.40. The lowest BCUT2D eigenvalue weighted by atomic mass is 10.00. The van der Waals surface area contributed by atoms with Crippen LogP contribution in [0.25, 0.3) is 0 Å². The van der Waals surface area contributed by atoms with E-state index < -0.39 is 12.7 Å². The predicted molar refractivity (Wildman–Crippen MR) is 69.0 cm³/mol. The molecule has 0 aliphatic carbocycles. The molecule has 0 aromatic heterocycles. The standard InChI is InChI=1S/C13H25F3N2O/c1-10(2)7-12(8-19)17-11-3-5-18(6-4-11)9-13(14,15)16/h10-12,17,19H,3-9H2,1-2H3. The fourth-order valence-electron chi connectivity index (χ4n) is 2.61. The minimum absolute atomic E-state index is 0.0548. The number of hydrogen-bond acceptors (Lipinski definition) is 3. The first kappa shape index (κ1) is 16.7. The summed E-state index contributed by atoms with van der Waals surface area (Å²) in [5.41, 5.74) is 0. The summed E-state index contributed by atoms with van der Waals surface area (Å²) >= 11 is 0. The molecular weight excluding hydrogens is 257 g/mol. The van der Waals surface area contributed by atoms with Crippen LogP contribution >= 0.6 is 0 Å². The molecular formula is C13H25F3N2O. The smallest absolute Gasteiger partial charge is 0.395 e. The van der Waals surface area contributed by atoms with Gasteiger partial charge in [-0.05, 0) is 38.3 Å². The zero-order valence-electron chi connectivity index (χ0n) is 11.7. The van der Waals surface area contributed by atoms with Crippen LogP contribution in [0.15, 0.2) is 0 Å². The highest BCUT2D eigenvalue weighted by Crippen LogP contribution is 2.20. The van der Waals surface area contributed by atoms with E-state index in [1.807, 2.05) is 0 Å². The van der Waals surface area contributed by atoms with E-state index in [1.165, 1.54) is 4.90 Å². The van der Waals surface area contributed by atoms with Crippen molar-refractivity contribution in [2.75, 3.05) is 26.2 Å². The largest absolute Gasteiger partial charge is 0.401 e. The maximum Gasteiger partial charge on any atom is 0.401 e. The number of halogens is 3. The van der Waals surface area contributed by atoms with E-state index in [4.69, 9.17) is 0 Å². The Morgan fingerprint density at radius 1 is 1.26 bits per heavy atom. The van der Waals surface area contributed by atoms with Gasteiger partial charge in [0.05, 0.1) is 13.2 Å². The van der Waals surface area contributed by atoms with Crippen molar-refractivity contribution in [1.29, 1.82) is 0 Å². The number of hydrogen-bond donors (Lipinski definition) is 2. The highest BCUT2D eigenvalue weighted by molar-refractivity contribution is 4.81. The Morgan fingerprint density at radius 3 is 2.26 bits per heavy atom. The van der Waals surface area contributed by atoms with Crippen molar-refractivity contribution < 1.29 is 18.3 Å². The molecule has 1 saturated heterocycles. The number of alkyl halides is 3. The first-order chi connectivity index (χ1) is 8.80. The van der Waals surface area contributed by atoms with Crippen LogP contribution in [-0.4, -0.2) is 54.5 Å². The van der Waals surface area contributed by atoms with Crippen molar-refractivity contribution >= 4 is 0 Å². The molecule has 1 rings (SSSR count). The molecule has 0 radical (unpaired) electrons. The second kappa shape index (κ2) is 7.45. The zero-order valence-corrected chi connectivity index (χ0v) is 11.7. The van der Waals surface area contributed by atoms with Gasteiger partial charge < -0.3 is 10.4 Å². The van der Waals surface area contributed by atoms with Crippen LogP contribution < -0.4 is 5.32 Å². The average Bonchev–Trinajstić information content (AvgIpc) is 2.28. The second-order valence-electron chi connectivity index (χ2n) is 5.84. The molecule has 19 heavy (non-hydrogen) atoms. The number of likely N-dealkylation sites (tertiary alicyclic amines) is 1. The maximum atomic E-state index is 12.3. The molecule has 3 nitrogen and oxygen atoms in total. The summed E-state index contributed by atoms with van der Waals surface area (Å²) < 4.78 is 36.8. The van der Waals surface area contributed by atoms with Crippen molar-refractivity contribution in [2.45, 2.75) is 51.4 Å². The zero-order chi connectivity index (χ0) is 14.5. The summed E-state index contributed by atoms with van der Waals surface area (Å²) in [5.74, 6) is 0.495. The van der Waals surface area contributed by atoms with E-state index in [0.29, 0.717) is 31.8 Å². The second-order valence-corrected chi connectivity index (χ2v) is 5.84. The van der Waals surface area contributed by atoms with Gasteiger partial charge in [0, 0.05) is 12.1 Å². The van der Waals surface area contributed by atoms with Crippen LogP contribution in [-0.2, 0) is 0 Å². The molecule has 1 aliphatic heterocycles. The highest BCUT2D eigenvalue weighted by atomic mass is 19.4. The van der Waals surface area contributed by atoms with Gasteiger partial charge in [-0.25, -0.2) is 0 Å². The van der Waals surface area contributed by atoms with Gasteiger partial charge in [0.1, 0.15) is 0 Å². The number of piperidine rings is 1. The Balaban J connectivity index is 2.29. The quantitative estimate of drug-likeness (QED) is 0.782. The predicted octanol–water partition coefficient (Wildman–Crippen LogP) is 2.01. The topological polar surface area (TPSA) is 35.5 Å². The molecule has 2 N–H and O–H groups in total. The van der Waals surface area contributed by atoms with Gasteiger partial charge in [0.25, 0.3) is 0 Å². The molecule has 1 heterocycles. The van der Waals surface area contributed by atoms with Crippen molar-refractivity contribution in [2.24, 2.45) is 5.92 Å². The van der Waals surface area contributed by atoms with Crippen molar-refractivity contribution in [3.8, 4) is 0 Å². The third kappa shape index (κ3) is 7.13. The lowest BCUT2D eigenvalue weighted by molar-refractivity contribution is -0.148. The first-order valence-corrected chi connectivity index (χ1v) is 6.96. The Bertz CT molecular complexity index is 251. The monoisotopic (exact) mass is 282 g/mol. The minimum Gasteiger partial charge on any atom is -0.395 e. The van der Waals surface area contributed by atoms with E-state index in [-0.39, 0.29) is 18.7 Å². The van der Waals surface area contributed by atoms with E-state index >= 15 is 0 Å². The summed E-state index contributed by atoms with van der Waals surface area (Å²) in [4.78, 5) is 1.45. The summed E-state index contributed by atoms with van der Waals surface area (Å²) in [5, 5.41) is 12.7. The molecule has 1 fully saturated rings. The molecule has 114 valence electrons. The van der Waals surface area contributed by atoms with E-state index in [0.717, 1.165) is 6.42 Å². The van der Waals surface area contributed by atoms with E-state index in [9.17, 15) is 18.3 Å². The Kier molecular flexibility index (Phi) is 6.56. The van der Waals surface area contributed by atoms with Gasteiger partial charge in [-0.15, -0.1) is 0 Å². The van der Waals surface area contributed by atoms with Crippen LogP contribution in [0.3, 0.4) is 0 Å². The average molecular weight is 282 g/mol. The molecule has 1 atom stereocenters. The lowest BCUT2D eigenvalue weighted by Crippen LogP contribution is -2.49. The van der Waals surface area contributed by atoms with Gasteiger partial charge >= 0.3 is 6.18 Å². The molecule has 0 bridgehead atoms. The highest BCUT2D eigenvalue weighted by Gasteiger charge is 2.32. The molecule has 6 heteroatoms. The van der Waals surface area contributed by atoms with Crippen LogP contribution in [0.5, 0.6) is 0 Å². The number of aliphatic hydroxyl groups is 1. The Hall–Kier alpha value is -0.330. The van der Waals surface area contributed by atoms with Gasteiger partial charge in [0.2, 0.25) is 0 Å².